The molecule has 29 heavy (non-hydrogen) atoms. The van der Waals surface area contributed by atoms with Crippen LogP contribution in [0.1, 0.15) is 39.7 Å². The lowest BCUT2D eigenvalue weighted by Gasteiger charge is -2.15. The number of anilines is 1. The molecule has 0 spiro atoms. The number of furan rings is 1. The first-order chi connectivity index (χ1) is 14.0. The molecule has 0 saturated heterocycles. The van der Waals surface area contributed by atoms with Crippen molar-refractivity contribution >= 4 is 23.6 Å². The Balaban J connectivity index is 1.91. The molecule has 5 nitrogen and oxygen atoms in total. The number of carbonyl (C=O) groups excluding carboxylic acids is 2. The fraction of sp³-hybridized carbons (Fsp3) is 0.167. The highest BCUT2D eigenvalue weighted by molar-refractivity contribution is 6.11. The molecule has 3 rings (SSSR count). The van der Waals surface area contributed by atoms with E-state index in [1.54, 1.807) is 24.3 Å². The second-order valence-electron chi connectivity index (χ2n) is 6.76. The predicted octanol–water partition coefficient (Wildman–Crippen LogP) is 4.87. The topological polar surface area (TPSA) is 71.3 Å². The summed E-state index contributed by atoms with van der Waals surface area (Å²) in [6.45, 7) is 5.83. The molecule has 0 aliphatic rings. The van der Waals surface area contributed by atoms with Gasteiger partial charge in [0.15, 0.2) is 0 Å². The van der Waals surface area contributed by atoms with Crippen LogP contribution in [0.25, 0.3) is 6.08 Å². The summed E-state index contributed by atoms with van der Waals surface area (Å²) in [4.78, 5) is 25.9. The molecule has 0 unspecified atom stereocenters. The number of rotatable bonds is 6. The third kappa shape index (κ3) is 4.82. The van der Waals surface area contributed by atoms with Gasteiger partial charge < -0.3 is 15.1 Å². The van der Waals surface area contributed by atoms with E-state index in [0.717, 1.165) is 28.8 Å². The number of benzene rings is 2. The van der Waals surface area contributed by atoms with Crippen molar-refractivity contribution in [2.24, 2.45) is 0 Å². The second-order valence-corrected chi connectivity index (χ2v) is 6.76. The second kappa shape index (κ2) is 9.06. The number of aryl methyl sites for hydroxylation is 3. The molecule has 0 aliphatic heterocycles. The Morgan fingerprint density at radius 3 is 2.41 bits per heavy atom. The molecule has 0 saturated carbocycles. The zero-order chi connectivity index (χ0) is 20.8. The van der Waals surface area contributed by atoms with E-state index in [9.17, 15) is 9.59 Å². The normalized spacial score (nSPS) is 11.2. The van der Waals surface area contributed by atoms with Gasteiger partial charge in [0, 0.05) is 17.3 Å². The molecule has 0 radical (unpaired) electrons. The van der Waals surface area contributed by atoms with E-state index in [2.05, 4.69) is 10.6 Å². The van der Waals surface area contributed by atoms with Gasteiger partial charge in [-0.1, -0.05) is 43.3 Å². The molecule has 3 aromatic rings. The molecule has 2 aromatic carbocycles. The Labute approximate surface area is 170 Å². The minimum Gasteiger partial charge on any atom is -0.465 e. The number of nitrogens with one attached hydrogen (secondary N) is 2. The SMILES string of the molecule is CCc1cccc(C)c1NC(=O)/C(=C/c1ccco1)NC(=O)c1ccccc1C. The van der Waals surface area contributed by atoms with Crippen LogP contribution < -0.4 is 10.6 Å². The summed E-state index contributed by atoms with van der Waals surface area (Å²) in [7, 11) is 0. The summed E-state index contributed by atoms with van der Waals surface area (Å²) in [6, 6.07) is 16.6. The first-order valence-corrected chi connectivity index (χ1v) is 9.51. The number of hydrogen-bond donors (Lipinski definition) is 2. The van der Waals surface area contributed by atoms with Crippen molar-refractivity contribution in [2.45, 2.75) is 27.2 Å². The minimum absolute atomic E-state index is 0.110. The smallest absolute Gasteiger partial charge is 0.272 e. The molecule has 0 bridgehead atoms. The molecule has 148 valence electrons. The van der Waals surface area contributed by atoms with Gasteiger partial charge in [-0.05, 0) is 55.2 Å². The summed E-state index contributed by atoms with van der Waals surface area (Å²) in [5.41, 5.74) is 4.20. The fourth-order valence-corrected chi connectivity index (χ4v) is 3.07. The lowest BCUT2D eigenvalue weighted by atomic mass is 10.1. The highest BCUT2D eigenvalue weighted by Gasteiger charge is 2.18. The Kier molecular flexibility index (Phi) is 6.29. The van der Waals surface area contributed by atoms with Crippen molar-refractivity contribution in [1.82, 2.24) is 5.32 Å². The maximum absolute atomic E-state index is 13.1. The van der Waals surface area contributed by atoms with Gasteiger partial charge in [0.25, 0.3) is 11.8 Å². The molecular weight excluding hydrogens is 364 g/mol. The van der Waals surface area contributed by atoms with Crippen LogP contribution in [0.15, 0.2) is 71.0 Å². The van der Waals surface area contributed by atoms with Crippen LogP contribution in [-0.2, 0) is 11.2 Å². The summed E-state index contributed by atoms with van der Waals surface area (Å²) in [5, 5.41) is 5.69. The van der Waals surface area contributed by atoms with E-state index < -0.39 is 5.91 Å². The van der Waals surface area contributed by atoms with Crippen molar-refractivity contribution in [3.63, 3.8) is 0 Å². The largest absolute Gasteiger partial charge is 0.465 e. The number of para-hydroxylation sites is 1. The molecule has 0 atom stereocenters. The van der Waals surface area contributed by atoms with Crippen LogP contribution in [0, 0.1) is 13.8 Å². The van der Waals surface area contributed by atoms with Crippen LogP contribution in [0.5, 0.6) is 0 Å². The molecule has 2 amide bonds. The summed E-state index contributed by atoms with van der Waals surface area (Å²) in [5.74, 6) is -0.287. The third-order valence-electron chi connectivity index (χ3n) is 4.69. The summed E-state index contributed by atoms with van der Waals surface area (Å²) >= 11 is 0. The molecule has 5 heteroatoms. The molecule has 0 aliphatic carbocycles. The standard InChI is InChI=1S/C24H24N2O3/c1-4-18-11-7-10-17(3)22(18)26-24(28)21(15-19-12-8-14-29-19)25-23(27)20-13-6-5-9-16(20)2/h5-15H,4H2,1-3H3,(H,25,27)(H,26,28)/b21-15-. The molecule has 1 heterocycles. The molecule has 2 N–H and O–H groups in total. The van der Waals surface area contributed by atoms with Crippen LogP contribution in [-0.4, -0.2) is 11.8 Å². The highest BCUT2D eigenvalue weighted by atomic mass is 16.3. The van der Waals surface area contributed by atoms with Gasteiger partial charge >= 0.3 is 0 Å². The van der Waals surface area contributed by atoms with Crippen molar-refractivity contribution in [2.75, 3.05) is 5.32 Å². The summed E-state index contributed by atoms with van der Waals surface area (Å²) < 4.78 is 5.34. The van der Waals surface area contributed by atoms with Crippen LogP contribution in [0.2, 0.25) is 0 Å². The minimum atomic E-state index is -0.410. The van der Waals surface area contributed by atoms with Crippen LogP contribution in [0.3, 0.4) is 0 Å². The molecule has 1 aromatic heterocycles. The lowest BCUT2D eigenvalue weighted by molar-refractivity contribution is -0.113. The van der Waals surface area contributed by atoms with Gasteiger partial charge in [0.05, 0.1) is 6.26 Å². The Hall–Kier alpha value is -3.60. The zero-order valence-electron chi connectivity index (χ0n) is 16.8. The van der Waals surface area contributed by atoms with Crippen molar-refractivity contribution in [3.05, 3.63) is 94.6 Å². The van der Waals surface area contributed by atoms with Gasteiger partial charge in [-0.3, -0.25) is 9.59 Å². The average molecular weight is 388 g/mol. The van der Waals surface area contributed by atoms with E-state index in [4.69, 9.17) is 4.42 Å². The van der Waals surface area contributed by atoms with Gasteiger partial charge in [-0.2, -0.15) is 0 Å². The van der Waals surface area contributed by atoms with Gasteiger partial charge in [-0.25, -0.2) is 0 Å². The van der Waals surface area contributed by atoms with Gasteiger partial charge in [0.2, 0.25) is 0 Å². The third-order valence-corrected chi connectivity index (χ3v) is 4.69. The zero-order valence-corrected chi connectivity index (χ0v) is 16.8. The fourth-order valence-electron chi connectivity index (χ4n) is 3.07. The molecule has 0 fully saturated rings. The van der Waals surface area contributed by atoms with Crippen LogP contribution in [0.4, 0.5) is 5.69 Å². The maximum atomic E-state index is 13.1. The first kappa shape index (κ1) is 20.1. The van der Waals surface area contributed by atoms with Crippen molar-refractivity contribution < 1.29 is 14.0 Å². The Morgan fingerprint density at radius 2 is 1.72 bits per heavy atom. The quantitative estimate of drug-likeness (QED) is 0.592. The number of amides is 2. The summed E-state index contributed by atoms with van der Waals surface area (Å²) in [6.07, 6.45) is 3.82. The monoisotopic (exact) mass is 388 g/mol. The maximum Gasteiger partial charge on any atom is 0.272 e. The van der Waals surface area contributed by atoms with Crippen molar-refractivity contribution in [1.29, 1.82) is 0 Å². The van der Waals surface area contributed by atoms with E-state index in [0.29, 0.717) is 11.3 Å². The molecular formula is C24H24N2O3. The van der Waals surface area contributed by atoms with Crippen LogP contribution >= 0.6 is 0 Å². The highest BCUT2D eigenvalue weighted by Crippen LogP contribution is 2.22. The average Bonchev–Trinajstić information content (AvgIpc) is 3.22. The first-order valence-electron chi connectivity index (χ1n) is 9.51. The van der Waals surface area contributed by atoms with E-state index in [-0.39, 0.29) is 11.6 Å². The van der Waals surface area contributed by atoms with Gasteiger partial charge in [-0.15, -0.1) is 0 Å². The number of hydrogen-bond acceptors (Lipinski definition) is 3. The van der Waals surface area contributed by atoms with E-state index >= 15 is 0 Å². The lowest BCUT2D eigenvalue weighted by Crippen LogP contribution is -2.31. The van der Waals surface area contributed by atoms with E-state index in [1.807, 2.05) is 51.1 Å². The van der Waals surface area contributed by atoms with Gasteiger partial charge in [0.1, 0.15) is 11.5 Å². The van der Waals surface area contributed by atoms with E-state index in [1.165, 1.54) is 12.3 Å². The Bertz CT molecular complexity index is 1050. The number of carbonyl (C=O) groups is 2. The van der Waals surface area contributed by atoms with Crippen molar-refractivity contribution in [3.8, 4) is 0 Å². The predicted molar refractivity (Wildman–Crippen MR) is 115 cm³/mol. The Morgan fingerprint density at radius 1 is 0.966 bits per heavy atom.